The number of aromatic nitrogens is 5. The van der Waals surface area contributed by atoms with E-state index in [9.17, 15) is 37.5 Å². The second-order valence-corrected chi connectivity index (χ2v) is 16.9. The van der Waals surface area contributed by atoms with E-state index in [0.717, 1.165) is 56.0 Å². The number of fused-ring (bicyclic) bond motifs is 2. The number of aliphatic carboxylic acids is 1. The Morgan fingerprint density at radius 3 is 2.33 bits per heavy atom. The number of rotatable bonds is 10. The molecule has 318 valence electrons. The number of quaternary nitrogens is 1. The molecule has 3 amide bonds. The first-order valence-corrected chi connectivity index (χ1v) is 20.4. The quantitative estimate of drug-likeness (QED) is 0.170. The highest BCUT2D eigenvalue weighted by Crippen LogP contribution is 2.38. The number of nitrogens with one attached hydrogen (secondary N) is 2. The number of carbonyl (C=O) groups excluding carboxylic acids is 3. The zero-order valence-corrected chi connectivity index (χ0v) is 33.6. The van der Waals surface area contributed by atoms with Gasteiger partial charge in [-0.05, 0) is 49.6 Å². The average Bonchev–Trinajstić information content (AvgIpc) is 3.80. The van der Waals surface area contributed by atoms with Gasteiger partial charge in [-0.15, -0.1) is 0 Å². The van der Waals surface area contributed by atoms with E-state index in [-0.39, 0.29) is 75.5 Å². The zero-order valence-electron chi connectivity index (χ0n) is 32.9. The average molecular weight is 853 g/mol. The van der Waals surface area contributed by atoms with Gasteiger partial charge >= 0.3 is 12.1 Å². The van der Waals surface area contributed by atoms with Crippen molar-refractivity contribution in [2.24, 2.45) is 18.9 Å². The fourth-order valence-electron chi connectivity index (χ4n) is 9.34. The molecular formula is C40H46ClF3N11O5+. The number of nitrogen functional groups attached to an aromatic ring is 1. The van der Waals surface area contributed by atoms with E-state index in [2.05, 4.69) is 25.7 Å². The van der Waals surface area contributed by atoms with E-state index in [1.54, 1.807) is 4.90 Å². The highest BCUT2D eigenvalue weighted by molar-refractivity contribution is 6.34. The molecule has 7 heterocycles. The Labute approximate surface area is 348 Å². The second-order valence-electron chi connectivity index (χ2n) is 16.5. The highest BCUT2D eigenvalue weighted by atomic mass is 35.5. The lowest BCUT2D eigenvalue weighted by Gasteiger charge is -2.52. The van der Waals surface area contributed by atoms with Crippen LogP contribution in [0.5, 0.6) is 0 Å². The van der Waals surface area contributed by atoms with E-state index in [0.29, 0.717) is 55.1 Å². The van der Waals surface area contributed by atoms with Crippen LogP contribution in [0.25, 0.3) is 17.1 Å². The summed E-state index contributed by atoms with van der Waals surface area (Å²) in [5.41, 5.74) is 4.92. The van der Waals surface area contributed by atoms with Crippen molar-refractivity contribution in [3.8, 4) is 17.1 Å². The van der Waals surface area contributed by atoms with Crippen molar-refractivity contribution in [2.75, 3.05) is 63.4 Å². The topological polar surface area (TPSA) is 194 Å². The molecule has 2 atom stereocenters. The van der Waals surface area contributed by atoms with Crippen LogP contribution in [-0.2, 0) is 22.8 Å². The fraction of sp³-hybridized carbons (Fsp3) is 0.475. The molecule has 16 nitrogen and oxygen atoms in total. The molecule has 4 fully saturated rings. The molecular weight excluding hydrogens is 807 g/mol. The highest BCUT2D eigenvalue weighted by Gasteiger charge is 2.47. The number of piperidine rings is 2. The van der Waals surface area contributed by atoms with Crippen LogP contribution in [0.15, 0.2) is 48.9 Å². The molecule has 2 bridgehead atoms. The number of nitrogens with zero attached hydrogens (tertiary/aromatic N) is 8. The van der Waals surface area contributed by atoms with Gasteiger partial charge < -0.3 is 40.3 Å². The minimum Gasteiger partial charge on any atom is -0.477 e. The van der Waals surface area contributed by atoms with Gasteiger partial charge in [0.2, 0.25) is 5.91 Å². The lowest BCUT2D eigenvalue weighted by atomic mass is 9.86. The summed E-state index contributed by atoms with van der Waals surface area (Å²) >= 11 is 6.66. The van der Waals surface area contributed by atoms with Crippen LogP contribution in [0, 0.1) is 11.8 Å². The number of pyridine rings is 1. The number of carboxylic acids is 1. The Bertz CT molecular complexity index is 2290. The van der Waals surface area contributed by atoms with Gasteiger partial charge in [0.05, 0.1) is 59.6 Å². The first-order valence-electron chi connectivity index (χ1n) is 20.0. The normalized spacial score (nSPS) is 23.2. The lowest BCUT2D eigenvalue weighted by molar-refractivity contribution is -0.929. The van der Waals surface area contributed by atoms with E-state index in [1.165, 1.54) is 48.1 Å². The minimum atomic E-state index is -4.83. The standard InChI is InChI=1S/C40H45ClF3N11O5/c1-51-32(30-20-53(50-35(30)40(42,43)44)33-8-5-25(45)16-47-33)17-48-36(51)37(58)49-26-6-7-29(31(41)13-26)39(60)52-18-27-3-2-4-28(19-52)54(27)38(59)24-9-11-55(12-10-24,22-34(56)57)21-23-14-46-15-23/h5-8,13,16-17,20,23-24,27-28,46H,2-4,9-12,14-15,18-19,21-22,45H2,1H3,(H-,49,56,57,58,60)/p+1. The van der Waals surface area contributed by atoms with Gasteiger partial charge in [-0.1, -0.05) is 11.6 Å². The Hall–Kier alpha value is -5.53. The predicted octanol–water partition coefficient (Wildman–Crippen LogP) is 3.91. The number of carbonyl (C=O) groups is 4. The van der Waals surface area contributed by atoms with Crippen LogP contribution in [0.1, 0.15) is 58.8 Å². The number of carboxylic acid groups (broad SMARTS) is 1. The van der Waals surface area contributed by atoms with Crippen molar-refractivity contribution in [3.63, 3.8) is 0 Å². The van der Waals surface area contributed by atoms with Crippen LogP contribution >= 0.6 is 11.6 Å². The fourth-order valence-corrected chi connectivity index (χ4v) is 9.60. The van der Waals surface area contributed by atoms with Gasteiger partial charge in [0.1, 0.15) is 0 Å². The number of likely N-dealkylation sites (tertiary alicyclic amines) is 2. The third-order valence-electron chi connectivity index (χ3n) is 12.4. The molecule has 60 heavy (non-hydrogen) atoms. The summed E-state index contributed by atoms with van der Waals surface area (Å²) < 4.78 is 45.1. The summed E-state index contributed by atoms with van der Waals surface area (Å²) in [5.74, 6) is -1.56. The monoisotopic (exact) mass is 852 g/mol. The van der Waals surface area contributed by atoms with E-state index in [4.69, 9.17) is 17.3 Å². The number of imidazole rings is 1. The Balaban J connectivity index is 0.916. The molecule has 5 N–H and O–H groups in total. The van der Waals surface area contributed by atoms with E-state index >= 15 is 0 Å². The van der Waals surface area contributed by atoms with Crippen LogP contribution in [-0.4, -0.2) is 132 Å². The first-order chi connectivity index (χ1) is 28.6. The molecule has 0 spiro atoms. The number of hydrogen-bond donors (Lipinski definition) is 4. The van der Waals surface area contributed by atoms with Crippen LogP contribution in [0.4, 0.5) is 24.5 Å². The molecule has 0 radical (unpaired) electrons. The number of halogens is 4. The van der Waals surface area contributed by atoms with Gasteiger partial charge in [0, 0.05) is 81.9 Å². The maximum absolute atomic E-state index is 14.1. The number of hydrogen-bond acceptors (Lipinski definition) is 9. The molecule has 3 aromatic heterocycles. The summed E-state index contributed by atoms with van der Waals surface area (Å²) in [5, 5.41) is 19.4. The number of piperazine rings is 1. The van der Waals surface area contributed by atoms with Gasteiger partial charge in [-0.2, -0.15) is 18.3 Å². The molecule has 0 aliphatic carbocycles. The Morgan fingerprint density at radius 2 is 1.73 bits per heavy atom. The van der Waals surface area contributed by atoms with Crippen LogP contribution < -0.4 is 16.4 Å². The molecule has 4 aromatic rings. The number of amides is 3. The Morgan fingerprint density at radius 1 is 1.02 bits per heavy atom. The maximum Gasteiger partial charge on any atom is 0.435 e. The van der Waals surface area contributed by atoms with Crippen molar-refractivity contribution >= 4 is 46.7 Å². The molecule has 1 aromatic carbocycles. The van der Waals surface area contributed by atoms with Crippen molar-refractivity contribution in [1.82, 2.24) is 39.4 Å². The van der Waals surface area contributed by atoms with Crippen molar-refractivity contribution in [2.45, 2.75) is 50.4 Å². The zero-order chi connectivity index (χ0) is 42.5. The van der Waals surface area contributed by atoms with Gasteiger partial charge in [0.15, 0.2) is 23.9 Å². The van der Waals surface area contributed by atoms with E-state index < -0.39 is 23.7 Å². The summed E-state index contributed by atoms with van der Waals surface area (Å²) in [4.78, 5) is 65.1. The molecule has 4 aliphatic rings. The van der Waals surface area contributed by atoms with Gasteiger partial charge in [-0.25, -0.2) is 19.4 Å². The molecule has 20 heteroatoms. The summed E-state index contributed by atoms with van der Waals surface area (Å²) in [7, 11) is 1.41. The number of anilines is 2. The summed E-state index contributed by atoms with van der Waals surface area (Å²) in [6.07, 6.45) is 2.51. The number of benzene rings is 1. The van der Waals surface area contributed by atoms with Crippen LogP contribution in [0.2, 0.25) is 5.02 Å². The minimum absolute atomic E-state index is 0.0207. The second kappa shape index (κ2) is 16.2. The molecule has 8 rings (SSSR count). The SMILES string of the molecule is Cn1c(-c2cn(-c3ccc(N)cn3)nc2C(F)(F)F)cnc1C(=O)Nc1ccc(C(=O)N2CC3CCCC(C2)N3C(=O)C2CC[N+](CC(=O)O)(CC3CNC3)CC2)c(Cl)c1. The third kappa shape index (κ3) is 8.17. The smallest absolute Gasteiger partial charge is 0.435 e. The largest absolute Gasteiger partial charge is 0.477 e. The van der Waals surface area contributed by atoms with Crippen molar-refractivity contribution in [1.29, 1.82) is 0 Å². The number of alkyl halides is 3. The summed E-state index contributed by atoms with van der Waals surface area (Å²) in [6, 6.07) is 7.07. The predicted molar refractivity (Wildman–Crippen MR) is 213 cm³/mol. The molecule has 4 aliphatic heterocycles. The lowest BCUT2D eigenvalue weighted by Crippen LogP contribution is -2.66. The molecule has 0 saturated carbocycles. The first kappa shape index (κ1) is 41.2. The van der Waals surface area contributed by atoms with Crippen LogP contribution in [0.3, 0.4) is 0 Å². The van der Waals surface area contributed by atoms with Gasteiger partial charge in [-0.3, -0.25) is 14.4 Å². The number of nitrogens with two attached hydrogens (primary N) is 1. The maximum atomic E-state index is 14.1. The third-order valence-corrected chi connectivity index (χ3v) is 12.7. The van der Waals surface area contributed by atoms with E-state index in [1.807, 2.05) is 4.90 Å². The molecule has 4 saturated heterocycles. The van der Waals surface area contributed by atoms with Gasteiger partial charge in [0.25, 0.3) is 11.8 Å². The van der Waals surface area contributed by atoms with Crippen molar-refractivity contribution < 1.29 is 41.9 Å². The Kier molecular flexibility index (Phi) is 11.1. The van der Waals surface area contributed by atoms with Crippen molar-refractivity contribution in [3.05, 3.63) is 71.0 Å². The molecule has 2 unspecified atom stereocenters. The summed E-state index contributed by atoms with van der Waals surface area (Å²) in [6.45, 7) is 4.68.